The van der Waals surface area contributed by atoms with Crippen molar-refractivity contribution >= 4 is 15.9 Å². The van der Waals surface area contributed by atoms with Gasteiger partial charge in [0.15, 0.2) is 5.82 Å². The van der Waals surface area contributed by atoms with Gasteiger partial charge in [0, 0.05) is 10.5 Å². The van der Waals surface area contributed by atoms with Crippen LogP contribution in [0.4, 0.5) is 4.39 Å². The average molecular weight is 327 g/mol. The molecule has 0 aliphatic rings. The summed E-state index contributed by atoms with van der Waals surface area (Å²) in [7, 11) is 0. The third-order valence-corrected chi connectivity index (χ3v) is 3.34. The van der Waals surface area contributed by atoms with Crippen LogP contribution >= 0.6 is 15.9 Å². The normalized spacial score (nSPS) is 11.2. The topological polar surface area (TPSA) is 42.7 Å². The number of hydrogen-bond donors (Lipinski definition) is 1. The summed E-state index contributed by atoms with van der Waals surface area (Å²) in [6.45, 7) is 5.37. The van der Waals surface area contributed by atoms with Crippen molar-refractivity contribution in [1.29, 1.82) is 0 Å². The molecular formula is C13H16BrFN4. The molecule has 0 aliphatic heterocycles. The molecule has 1 N–H and O–H groups in total. The van der Waals surface area contributed by atoms with Gasteiger partial charge in [0.25, 0.3) is 0 Å². The summed E-state index contributed by atoms with van der Waals surface area (Å²) >= 11 is 3.35. The molecule has 1 aromatic carbocycles. The fourth-order valence-corrected chi connectivity index (χ4v) is 2.09. The molecule has 4 nitrogen and oxygen atoms in total. The molecule has 19 heavy (non-hydrogen) atoms. The number of halogens is 2. The third-order valence-electron chi connectivity index (χ3n) is 2.60. The molecule has 0 aliphatic carbocycles. The maximum Gasteiger partial charge on any atom is 0.164 e. The van der Waals surface area contributed by atoms with Gasteiger partial charge in [-0.05, 0) is 17.7 Å². The molecule has 0 spiro atoms. The number of aromatic nitrogens is 3. The summed E-state index contributed by atoms with van der Waals surface area (Å²) in [6, 6.07) is 5.04. The first kappa shape index (κ1) is 14.1. The summed E-state index contributed by atoms with van der Waals surface area (Å²) in [6.07, 6.45) is 1.69. The molecule has 1 heterocycles. The standard InChI is InChI=1S/C13H16BrFN4/c1-9(2)16-6-13-17-8-19(18-13)7-10-3-4-11(15)5-12(10)14/h3-5,8-9,16H,6-7H2,1-2H3. The second-order valence-corrected chi connectivity index (χ2v) is 5.48. The van der Waals surface area contributed by atoms with Gasteiger partial charge in [0.2, 0.25) is 0 Å². The summed E-state index contributed by atoms with van der Waals surface area (Å²) in [5, 5.41) is 7.63. The van der Waals surface area contributed by atoms with Gasteiger partial charge in [-0.1, -0.05) is 35.8 Å². The predicted molar refractivity (Wildman–Crippen MR) is 75.2 cm³/mol. The third kappa shape index (κ3) is 4.11. The molecular weight excluding hydrogens is 311 g/mol. The molecule has 6 heteroatoms. The van der Waals surface area contributed by atoms with Gasteiger partial charge in [0.1, 0.15) is 12.1 Å². The Morgan fingerprint density at radius 1 is 1.42 bits per heavy atom. The van der Waals surface area contributed by atoms with E-state index in [1.54, 1.807) is 17.1 Å². The fraction of sp³-hybridized carbons (Fsp3) is 0.385. The van der Waals surface area contributed by atoms with Gasteiger partial charge in [-0.25, -0.2) is 14.1 Å². The van der Waals surface area contributed by atoms with Crippen molar-refractivity contribution in [1.82, 2.24) is 20.1 Å². The quantitative estimate of drug-likeness (QED) is 0.918. The van der Waals surface area contributed by atoms with Crippen LogP contribution in [0.2, 0.25) is 0 Å². The molecule has 0 bridgehead atoms. The maximum absolute atomic E-state index is 13.0. The minimum atomic E-state index is -0.254. The van der Waals surface area contributed by atoms with Crippen LogP contribution in [0.25, 0.3) is 0 Å². The van der Waals surface area contributed by atoms with Crippen molar-refractivity contribution < 1.29 is 4.39 Å². The van der Waals surface area contributed by atoms with Gasteiger partial charge in [0.05, 0.1) is 13.1 Å². The highest BCUT2D eigenvalue weighted by molar-refractivity contribution is 9.10. The molecule has 0 unspecified atom stereocenters. The van der Waals surface area contributed by atoms with E-state index in [2.05, 4.69) is 45.2 Å². The first-order valence-corrected chi connectivity index (χ1v) is 6.89. The van der Waals surface area contributed by atoms with E-state index in [0.29, 0.717) is 19.1 Å². The van der Waals surface area contributed by atoms with E-state index in [9.17, 15) is 4.39 Å². The summed E-state index contributed by atoms with van der Waals surface area (Å²) in [4.78, 5) is 4.23. The van der Waals surface area contributed by atoms with Crippen LogP contribution in [0.1, 0.15) is 25.2 Å². The minimum absolute atomic E-state index is 0.254. The van der Waals surface area contributed by atoms with Gasteiger partial charge >= 0.3 is 0 Å². The van der Waals surface area contributed by atoms with Gasteiger partial charge in [-0.3, -0.25) is 0 Å². The second-order valence-electron chi connectivity index (χ2n) is 4.63. The zero-order valence-corrected chi connectivity index (χ0v) is 12.5. The predicted octanol–water partition coefficient (Wildman–Crippen LogP) is 2.73. The Balaban J connectivity index is 2.03. The van der Waals surface area contributed by atoms with Crippen LogP contribution < -0.4 is 5.32 Å². The van der Waals surface area contributed by atoms with E-state index in [0.717, 1.165) is 15.9 Å². The number of nitrogens with zero attached hydrogens (tertiary/aromatic N) is 3. The SMILES string of the molecule is CC(C)NCc1ncn(Cc2ccc(F)cc2Br)n1. The first-order chi connectivity index (χ1) is 9.04. The van der Waals surface area contributed by atoms with Gasteiger partial charge in [-0.2, -0.15) is 5.10 Å². The van der Waals surface area contributed by atoms with E-state index >= 15 is 0 Å². The summed E-state index contributed by atoms with van der Waals surface area (Å²) in [5.41, 5.74) is 0.967. The van der Waals surface area contributed by atoms with E-state index < -0.39 is 0 Å². The zero-order valence-electron chi connectivity index (χ0n) is 10.9. The lowest BCUT2D eigenvalue weighted by atomic mass is 10.2. The molecule has 0 amide bonds. The fourth-order valence-electron chi connectivity index (χ4n) is 1.61. The van der Waals surface area contributed by atoms with Crippen LogP contribution in [0.15, 0.2) is 29.0 Å². The zero-order chi connectivity index (χ0) is 13.8. The number of rotatable bonds is 5. The number of hydrogen-bond acceptors (Lipinski definition) is 3. The van der Waals surface area contributed by atoms with Crippen molar-refractivity contribution in [2.45, 2.75) is 33.0 Å². The Morgan fingerprint density at radius 3 is 2.89 bits per heavy atom. The van der Waals surface area contributed by atoms with E-state index in [1.165, 1.54) is 12.1 Å². The Kier molecular flexibility index (Phi) is 4.66. The Bertz CT molecular complexity index is 553. The average Bonchev–Trinajstić information content (AvgIpc) is 2.78. The lowest BCUT2D eigenvalue weighted by Gasteiger charge is -2.05. The highest BCUT2D eigenvalue weighted by Crippen LogP contribution is 2.18. The van der Waals surface area contributed by atoms with Crippen LogP contribution in [0.5, 0.6) is 0 Å². The number of benzene rings is 1. The van der Waals surface area contributed by atoms with E-state index in [-0.39, 0.29) is 5.82 Å². The molecule has 2 rings (SSSR count). The van der Waals surface area contributed by atoms with Crippen LogP contribution in [-0.2, 0) is 13.1 Å². The Morgan fingerprint density at radius 2 is 2.21 bits per heavy atom. The van der Waals surface area contributed by atoms with Crippen molar-refractivity contribution in [3.8, 4) is 0 Å². The molecule has 2 aromatic rings. The highest BCUT2D eigenvalue weighted by Gasteiger charge is 2.05. The van der Waals surface area contributed by atoms with Crippen LogP contribution in [0.3, 0.4) is 0 Å². The molecule has 0 saturated carbocycles. The highest BCUT2D eigenvalue weighted by atomic mass is 79.9. The Hall–Kier alpha value is -1.27. The van der Waals surface area contributed by atoms with Crippen molar-refractivity contribution in [2.24, 2.45) is 0 Å². The lowest BCUT2D eigenvalue weighted by Crippen LogP contribution is -2.22. The largest absolute Gasteiger partial charge is 0.308 e. The summed E-state index contributed by atoms with van der Waals surface area (Å²) < 4.78 is 15.5. The molecule has 0 saturated heterocycles. The first-order valence-electron chi connectivity index (χ1n) is 6.10. The molecule has 0 atom stereocenters. The molecule has 102 valence electrons. The molecule has 0 fully saturated rings. The number of nitrogens with one attached hydrogen (secondary N) is 1. The minimum Gasteiger partial charge on any atom is -0.308 e. The maximum atomic E-state index is 13.0. The Labute approximate surface area is 120 Å². The smallest absolute Gasteiger partial charge is 0.164 e. The van der Waals surface area contributed by atoms with E-state index in [4.69, 9.17) is 0 Å². The van der Waals surface area contributed by atoms with Gasteiger partial charge in [-0.15, -0.1) is 0 Å². The van der Waals surface area contributed by atoms with Gasteiger partial charge < -0.3 is 5.32 Å². The summed E-state index contributed by atoms with van der Waals surface area (Å²) in [5.74, 6) is 0.503. The van der Waals surface area contributed by atoms with E-state index in [1.807, 2.05) is 0 Å². The monoisotopic (exact) mass is 326 g/mol. The van der Waals surface area contributed by atoms with Crippen LogP contribution in [0, 0.1) is 5.82 Å². The van der Waals surface area contributed by atoms with Crippen molar-refractivity contribution in [2.75, 3.05) is 0 Å². The van der Waals surface area contributed by atoms with Crippen molar-refractivity contribution in [3.63, 3.8) is 0 Å². The van der Waals surface area contributed by atoms with Crippen molar-refractivity contribution in [3.05, 3.63) is 46.2 Å². The second kappa shape index (κ2) is 6.25. The molecule has 1 aromatic heterocycles. The molecule has 0 radical (unpaired) electrons. The lowest BCUT2D eigenvalue weighted by molar-refractivity contribution is 0.565. The van der Waals surface area contributed by atoms with Crippen LogP contribution in [-0.4, -0.2) is 20.8 Å².